The zero-order valence-electron chi connectivity index (χ0n) is 12.3. The van der Waals surface area contributed by atoms with E-state index in [9.17, 15) is 0 Å². The van der Waals surface area contributed by atoms with E-state index in [0.717, 1.165) is 0 Å². The van der Waals surface area contributed by atoms with Crippen molar-refractivity contribution in [3.8, 4) is 0 Å². The lowest BCUT2D eigenvalue weighted by Gasteiger charge is -2.36. The standard InChI is InChI=1S/C18H27N/c1-18(11-5-2-6-12-18)14-19-17-10-9-15-7-3-4-8-16(15)13-17/h3-4,7-8,17,19H,2,5-6,9-14H2,1H3. The smallest absolute Gasteiger partial charge is 0.0111 e. The molecule has 2 aliphatic rings. The Morgan fingerprint density at radius 2 is 1.84 bits per heavy atom. The molecule has 1 aromatic rings. The van der Waals surface area contributed by atoms with Crippen LogP contribution >= 0.6 is 0 Å². The summed E-state index contributed by atoms with van der Waals surface area (Å²) >= 11 is 0. The van der Waals surface area contributed by atoms with Gasteiger partial charge in [-0.05, 0) is 48.6 Å². The molecular formula is C18H27N. The van der Waals surface area contributed by atoms with Crippen molar-refractivity contribution in [2.45, 2.75) is 64.3 Å². The summed E-state index contributed by atoms with van der Waals surface area (Å²) in [4.78, 5) is 0. The van der Waals surface area contributed by atoms with Crippen LogP contribution in [0.15, 0.2) is 24.3 Å². The topological polar surface area (TPSA) is 12.0 Å². The number of hydrogen-bond acceptors (Lipinski definition) is 1. The number of hydrogen-bond donors (Lipinski definition) is 1. The summed E-state index contributed by atoms with van der Waals surface area (Å²) in [5.74, 6) is 0. The second-order valence-electron chi connectivity index (χ2n) is 6.96. The molecule has 0 heterocycles. The molecule has 1 fully saturated rings. The van der Waals surface area contributed by atoms with Gasteiger partial charge in [-0.15, -0.1) is 0 Å². The van der Waals surface area contributed by atoms with Crippen LogP contribution in [-0.2, 0) is 12.8 Å². The first-order chi connectivity index (χ1) is 9.25. The Balaban J connectivity index is 1.54. The summed E-state index contributed by atoms with van der Waals surface area (Å²) in [6, 6.07) is 9.67. The van der Waals surface area contributed by atoms with Gasteiger partial charge >= 0.3 is 0 Å². The third kappa shape index (κ3) is 3.20. The lowest BCUT2D eigenvalue weighted by molar-refractivity contribution is 0.197. The Morgan fingerprint density at radius 1 is 1.11 bits per heavy atom. The number of aryl methyl sites for hydroxylation is 1. The molecule has 1 heteroatoms. The normalized spacial score (nSPS) is 25.8. The minimum absolute atomic E-state index is 0.565. The maximum atomic E-state index is 3.87. The summed E-state index contributed by atoms with van der Waals surface area (Å²) in [6.45, 7) is 3.70. The first-order valence-corrected chi connectivity index (χ1v) is 8.05. The fraction of sp³-hybridized carbons (Fsp3) is 0.667. The van der Waals surface area contributed by atoms with Gasteiger partial charge in [-0.2, -0.15) is 0 Å². The van der Waals surface area contributed by atoms with Crippen molar-refractivity contribution in [1.82, 2.24) is 5.32 Å². The van der Waals surface area contributed by atoms with Gasteiger partial charge in [0.2, 0.25) is 0 Å². The maximum Gasteiger partial charge on any atom is 0.0111 e. The quantitative estimate of drug-likeness (QED) is 0.859. The van der Waals surface area contributed by atoms with E-state index >= 15 is 0 Å². The molecule has 1 atom stereocenters. The highest BCUT2D eigenvalue weighted by atomic mass is 14.9. The van der Waals surface area contributed by atoms with Gasteiger partial charge in [-0.3, -0.25) is 0 Å². The highest BCUT2D eigenvalue weighted by Crippen LogP contribution is 2.35. The van der Waals surface area contributed by atoms with Crippen LogP contribution in [-0.4, -0.2) is 12.6 Å². The molecule has 104 valence electrons. The van der Waals surface area contributed by atoms with Gasteiger partial charge in [-0.25, -0.2) is 0 Å². The van der Waals surface area contributed by atoms with Crippen LogP contribution in [0.3, 0.4) is 0 Å². The Bertz CT molecular complexity index is 417. The van der Waals surface area contributed by atoms with Gasteiger partial charge < -0.3 is 5.32 Å². The van der Waals surface area contributed by atoms with E-state index in [4.69, 9.17) is 0 Å². The monoisotopic (exact) mass is 257 g/mol. The second-order valence-corrected chi connectivity index (χ2v) is 6.96. The number of rotatable bonds is 3. The minimum atomic E-state index is 0.565. The van der Waals surface area contributed by atoms with Crippen molar-refractivity contribution >= 4 is 0 Å². The average Bonchev–Trinajstić information content (AvgIpc) is 2.46. The zero-order valence-corrected chi connectivity index (χ0v) is 12.3. The summed E-state index contributed by atoms with van der Waals surface area (Å²) in [5, 5.41) is 3.87. The molecule has 1 unspecified atom stereocenters. The van der Waals surface area contributed by atoms with Crippen LogP contribution in [0.2, 0.25) is 0 Å². The summed E-state index contributed by atoms with van der Waals surface area (Å²) in [6.07, 6.45) is 11.0. The summed E-state index contributed by atoms with van der Waals surface area (Å²) in [5.41, 5.74) is 3.71. The molecule has 1 nitrogen and oxygen atoms in total. The first-order valence-electron chi connectivity index (χ1n) is 8.05. The Labute approximate surface area is 117 Å². The molecule has 0 aliphatic heterocycles. The van der Waals surface area contributed by atoms with E-state index in [-0.39, 0.29) is 0 Å². The lowest BCUT2D eigenvalue weighted by Crippen LogP contribution is -2.41. The van der Waals surface area contributed by atoms with Gasteiger partial charge in [0.1, 0.15) is 0 Å². The lowest BCUT2D eigenvalue weighted by atomic mass is 9.75. The summed E-state index contributed by atoms with van der Waals surface area (Å²) < 4.78 is 0. The first kappa shape index (κ1) is 13.2. The Hall–Kier alpha value is -0.820. The Kier molecular flexibility index (Phi) is 3.93. The molecule has 0 bridgehead atoms. The van der Waals surface area contributed by atoms with Gasteiger partial charge in [-0.1, -0.05) is 50.5 Å². The van der Waals surface area contributed by atoms with E-state index in [1.165, 1.54) is 57.9 Å². The van der Waals surface area contributed by atoms with E-state index in [0.29, 0.717) is 11.5 Å². The molecule has 3 rings (SSSR count). The number of nitrogens with one attached hydrogen (secondary N) is 1. The summed E-state index contributed by atoms with van der Waals surface area (Å²) in [7, 11) is 0. The van der Waals surface area contributed by atoms with Crippen LogP contribution in [0.1, 0.15) is 56.6 Å². The SMILES string of the molecule is CC1(CNC2CCc3ccccc3C2)CCCCC1. The molecular weight excluding hydrogens is 230 g/mol. The average molecular weight is 257 g/mol. The zero-order chi connectivity index (χ0) is 13.1. The van der Waals surface area contributed by atoms with Gasteiger partial charge in [0.05, 0.1) is 0 Å². The number of benzene rings is 1. The van der Waals surface area contributed by atoms with Gasteiger partial charge in [0.25, 0.3) is 0 Å². The molecule has 0 spiro atoms. The third-order valence-corrected chi connectivity index (χ3v) is 5.23. The predicted molar refractivity (Wildman–Crippen MR) is 81.4 cm³/mol. The highest BCUT2D eigenvalue weighted by molar-refractivity contribution is 5.30. The van der Waals surface area contributed by atoms with Gasteiger partial charge in [0, 0.05) is 12.6 Å². The van der Waals surface area contributed by atoms with E-state index in [2.05, 4.69) is 36.5 Å². The van der Waals surface area contributed by atoms with Crippen LogP contribution in [0.4, 0.5) is 0 Å². The van der Waals surface area contributed by atoms with Crippen molar-refractivity contribution < 1.29 is 0 Å². The molecule has 1 aromatic carbocycles. The van der Waals surface area contributed by atoms with E-state index in [1.807, 2.05) is 0 Å². The molecule has 1 N–H and O–H groups in total. The minimum Gasteiger partial charge on any atom is -0.313 e. The van der Waals surface area contributed by atoms with E-state index in [1.54, 1.807) is 11.1 Å². The molecule has 0 saturated heterocycles. The van der Waals surface area contributed by atoms with Gasteiger partial charge in [0.15, 0.2) is 0 Å². The molecule has 19 heavy (non-hydrogen) atoms. The Morgan fingerprint density at radius 3 is 2.63 bits per heavy atom. The van der Waals surface area contributed by atoms with Crippen molar-refractivity contribution in [3.63, 3.8) is 0 Å². The van der Waals surface area contributed by atoms with Crippen molar-refractivity contribution in [3.05, 3.63) is 35.4 Å². The fourth-order valence-corrected chi connectivity index (χ4v) is 3.84. The third-order valence-electron chi connectivity index (χ3n) is 5.23. The van der Waals surface area contributed by atoms with E-state index < -0.39 is 0 Å². The van der Waals surface area contributed by atoms with Crippen LogP contribution in [0.25, 0.3) is 0 Å². The molecule has 0 aromatic heterocycles. The highest BCUT2D eigenvalue weighted by Gasteiger charge is 2.28. The second kappa shape index (κ2) is 5.66. The van der Waals surface area contributed by atoms with Crippen LogP contribution in [0, 0.1) is 5.41 Å². The molecule has 1 saturated carbocycles. The molecule has 0 radical (unpaired) electrons. The van der Waals surface area contributed by atoms with Crippen molar-refractivity contribution in [2.75, 3.05) is 6.54 Å². The largest absolute Gasteiger partial charge is 0.313 e. The predicted octanol–water partition coefficient (Wildman–Crippen LogP) is 4.10. The maximum absolute atomic E-state index is 3.87. The molecule has 0 amide bonds. The van der Waals surface area contributed by atoms with Crippen molar-refractivity contribution in [2.24, 2.45) is 5.41 Å². The molecule has 2 aliphatic carbocycles. The fourth-order valence-electron chi connectivity index (χ4n) is 3.84. The van der Waals surface area contributed by atoms with Crippen LogP contribution < -0.4 is 5.32 Å². The number of fused-ring (bicyclic) bond motifs is 1. The van der Waals surface area contributed by atoms with Crippen LogP contribution in [0.5, 0.6) is 0 Å². The van der Waals surface area contributed by atoms with Crippen molar-refractivity contribution in [1.29, 1.82) is 0 Å².